The lowest BCUT2D eigenvalue weighted by atomic mass is 9.88. The SMILES string of the molecule is COc1ccc(N(C)CC(C)(C)CCN)cc1OC. The van der Waals surface area contributed by atoms with Crippen LogP contribution in [0.4, 0.5) is 5.69 Å². The Labute approximate surface area is 116 Å². The molecule has 0 heterocycles. The molecule has 1 aromatic carbocycles. The Morgan fingerprint density at radius 3 is 2.32 bits per heavy atom. The molecule has 0 fully saturated rings. The molecule has 19 heavy (non-hydrogen) atoms. The molecule has 0 spiro atoms. The monoisotopic (exact) mass is 266 g/mol. The number of hydrogen-bond donors (Lipinski definition) is 1. The van der Waals surface area contributed by atoms with E-state index < -0.39 is 0 Å². The standard InChI is InChI=1S/C15H26N2O2/c1-15(2,8-9-16)11-17(3)12-6-7-13(18-4)14(10-12)19-5/h6-7,10H,8-9,11,16H2,1-5H3. The van der Waals surface area contributed by atoms with Gasteiger partial charge in [0.25, 0.3) is 0 Å². The Hall–Kier alpha value is -1.42. The van der Waals surface area contributed by atoms with Crippen LogP contribution in [-0.4, -0.2) is 34.4 Å². The van der Waals surface area contributed by atoms with Crippen LogP contribution >= 0.6 is 0 Å². The van der Waals surface area contributed by atoms with Gasteiger partial charge in [0.1, 0.15) is 0 Å². The lowest BCUT2D eigenvalue weighted by molar-refractivity contribution is 0.345. The summed E-state index contributed by atoms with van der Waals surface area (Å²) in [4.78, 5) is 2.22. The van der Waals surface area contributed by atoms with Gasteiger partial charge >= 0.3 is 0 Å². The molecule has 0 unspecified atom stereocenters. The van der Waals surface area contributed by atoms with Gasteiger partial charge in [-0.1, -0.05) is 13.8 Å². The fraction of sp³-hybridized carbons (Fsp3) is 0.600. The third-order valence-electron chi connectivity index (χ3n) is 3.29. The zero-order chi connectivity index (χ0) is 14.5. The van der Waals surface area contributed by atoms with E-state index in [2.05, 4.69) is 25.8 Å². The highest BCUT2D eigenvalue weighted by Gasteiger charge is 2.20. The second-order valence-corrected chi connectivity index (χ2v) is 5.60. The molecule has 0 aliphatic heterocycles. The Balaban J connectivity index is 2.85. The van der Waals surface area contributed by atoms with Crippen LogP contribution in [0.25, 0.3) is 0 Å². The molecule has 0 atom stereocenters. The molecule has 0 aromatic heterocycles. The summed E-state index contributed by atoms with van der Waals surface area (Å²) in [5, 5.41) is 0. The number of benzene rings is 1. The molecule has 0 radical (unpaired) electrons. The summed E-state index contributed by atoms with van der Waals surface area (Å²) in [6.45, 7) is 6.13. The van der Waals surface area contributed by atoms with Crippen LogP contribution in [0, 0.1) is 5.41 Å². The van der Waals surface area contributed by atoms with Gasteiger partial charge in [-0.15, -0.1) is 0 Å². The molecular formula is C15H26N2O2. The van der Waals surface area contributed by atoms with Gasteiger partial charge in [0.2, 0.25) is 0 Å². The van der Waals surface area contributed by atoms with Crippen molar-refractivity contribution in [3.63, 3.8) is 0 Å². The zero-order valence-corrected chi connectivity index (χ0v) is 12.7. The summed E-state index contributed by atoms with van der Waals surface area (Å²) in [5.41, 5.74) is 6.96. The molecule has 0 amide bonds. The van der Waals surface area contributed by atoms with Gasteiger partial charge < -0.3 is 20.1 Å². The Morgan fingerprint density at radius 1 is 1.16 bits per heavy atom. The van der Waals surface area contributed by atoms with Gasteiger partial charge in [-0.25, -0.2) is 0 Å². The first kappa shape index (κ1) is 15.6. The molecule has 0 saturated carbocycles. The summed E-state index contributed by atoms with van der Waals surface area (Å²) in [5.74, 6) is 1.50. The fourth-order valence-electron chi connectivity index (χ4n) is 2.27. The average Bonchev–Trinajstić information content (AvgIpc) is 2.37. The van der Waals surface area contributed by atoms with E-state index in [-0.39, 0.29) is 5.41 Å². The van der Waals surface area contributed by atoms with Crippen LogP contribution in [0.3, 0.4) is 0 Å². The number of nitrogens with two attached hydrogens (primary N) is 1. The minimum absolute atomic E-state index is 0.191. The minimum atomic E-state index is 0.191. The molecule has 0 bridgehead atoms. The van der Waals surface area contributed by atoms with Crippen molar-refractivity contribution in [1.82, 2.24) is 0 Å². The Bertz CT molecular complexity index is 405. The third-order valence-corrected chi connectivity index (χ3v) is 3.29. The average molecular weight is 266 g/mol. The molecule has 4 heteroatoms. The Kier molecular flexibility index (Phi) is 5.48. The zero-order valence-electron chi connectivity index (χ0n) is 12.7. The van der Waals surface area contributed by atoms with E-state index >= 15 is 0 Å². The fourth-order valence-corrected chi connectivity index (χ4v) is 2.27. The van der Waals surface area contributed by atoms with Crippen molar-refractivity contribution in [3.8, 4) is 11.5 Å². The highest BCUT2D eigenvalue weighted by molar-refractivity contribution is 5.56. The van der Waals surface area contributed by atoms with Gasteiger partial charge in [0.15, 0.2) is 11.5 Å². The van der Waals surface area contributed by atoms with E-state index in [1.165, 1.54) is 0 Å². The van der Waals surface area contributed by atoms with Crippen LogP contribution in [0.1, 0.15) is 20.3 Å². The predicted molar refractivity (Wildman–Crippen MR) is 80.3 cm³/mol. The first-order chi connectivity index (χ1) is 8.93. The topological polar surface area (TPSA) is 47.7 Å². The summed E-state index contributed by atoms with van der Waals surface area (Å²) in [6.07, 6.45) is 1.00. The lowest BCUT2D eigenvalue weighted by Crippen LogP contribution is -2.32. The molecule has 0 aliphatic carbocycles. The van der Waals surface area contributed by atoms with Crippen LogP contribution in [0.2, 0.25) is 0 Å². The van der Waals surface area contributed by atoms with E-state index in [1.54, 1.807) is 14.2 Å². The number of anilines is 1. The first-order valence-electron chi connectivity index (χ1n) is 6.57. The molecule has 4 nitrogen and oxygen atoms in total. The van der Waals surface area contributed by atoms with Gasteiger partial charge in [-0.2, -0.15) is 0 Å². The minimum Gasteiger partial charge on any atom is -0.493 e. The molecule has 1 aromatic rings. The second-order valence-electron chi connectivity index (χ2n) is 5.60. The van der Waals surface area contributed by atoms with Gasteiger partial charge in [-0.05, 0) is 30.5 Å². The molecule has 2 N–H and O–H groups in total. The number of ether oxygens (including phenoxy) is 2. The van der Waals surface area contributed by atoms with Gasteiger partial charge in [0.05, 0.1) is 14.2 Å². The maximum absolute atomic E-state index is 5.66. The summed E-state index contributed by atoms with van der Waals surface area (Å²) in [7, 11) is 5.38. The van der Waals surface area contributed by atoms with E-state index in [0.29, 0.717) is 6.54 Å². The summed E-state index contributed by atoms with van der Waals surface area (Å²) < 4.78 is 10.6. The smallest absolute Gasteiger partial charge is 0.162 e. The maximum atomic E-state index is 5.66. The quantitative estimate of drug-likeness (QED) is 0.824. The van der Waals surface area contributed by atoms with Crippen LogP contribution in [0.15, 0.2) is 18.2 Å². The van der Waals surface area contributed by atoms with Gasteiger partial charge in [-0.3, -0.25) is 0 Å². The van der Waals surface area contributed by atoms with E-state index in [4.69, 9.17) is 15.2 Å². The van der Waals surface area contributed by atoms with Crippen LogP contribution in [-0.2, 0) is 0 Å². The van der Waals surface area contributed by atoms with Crippen molar-refractivity contribution in [3.05, 3.63) is 18.2 Å². The predicted octanol–water partition coefficient (Wildman–Crippen LogP) is 2.52. The van der Waals surface area contributed by atoms with Crippen molar-refractivity contribution in [2.24, 2.45) is 11.1 Å². The molecular weight excluding hydrogens is 240 g/mol. The number of hydrogen-bond acceptors (Lipinski definition) is 4. The number of nitrogens with zero attached hydrogens (tertiary/aromatic N) is 1. The van der Waals surface area contributed by atoms with Crippen LogP contribution < -0.4 is 20.1 Å². The summed E-state index contributed by atoms with van der Waals surface area (Å²) >= 11 is 0. The van der Waals surface area contributed by atoms with Crippen molar-refractivity contribution < 1.29 is 9.47 Å². The number of methoxy groups -OCH3 is 2. The van der Waals surface area contributed by atoms with Crippen molar-refractivity contribution in [2.45, 2.75) is 20.3 Å². The third kappa shape index (κ3) is 4.31. The van der Waals surface area contributed by atoms with Gasteiger partial charge in [0, 0.05) is 25.3 Å². The van der Waals surface area contributed by atoms with Crippen molar-refractivity contribution >= 4 is 5.69 Å². The number of rotatable bonds is 7. The normalized spacial score (nSPS) is 11.3. The Morgan fingerprint density at radius 2 is 1.79 bits per heavy atom. The molecule has 0 saturated heterocycles. The molecule has 0 aliphatic rings. The first-order valence-corrected chi connectivity index (χ1v) is 6.57. The van der Waals surface area contributed by atoms with E-state index in [0.717, 1.165) is 30.2 Å². The molecule has 1 rings (SSSR count). The van der Waals surface area contributed by atoms with Crippen LogP contribution in [0.5, 0.6) is 11.5 Å². The van der Waals surface area contributed by atoms with Crippen molar-refractivity contribution in [1.29, 1.82) is 0 Å². The van der Waals surface area contributed by atoms with E-state index in [1.807, 2.05) is 18.2 Å². The summed E-state index contributed by atoms with van der Waals surface area (Å²) in [6, 6.07) is 5.97. The molecule has 108 valence electrons. The highest BCUT2D eigenvalue weighted by atomic mass is 16.5. The van der Waals surface area contributed by atoms with E-state index in [9.17, 15) is 0 Å². The largest absolute Gasteiger partial charge is 0.493 e. The highest BCUT2D eigenvalue weighted by Crippen LogP contribution is 2.32. The maximum Gasteiger partial charge on any atom is 0.162 e. The lowest BCUT2D eigenvalue weighted by Gasteiger charge is -2.31. The second kappa shape index (κ2) is 6.66. The van der Waals surface area contributed by atoms with Crippen molar-refractivity contribution in [2.75, 3.05) is 39.3 Å².